The third kappa shape index (κ3) is 3.72. The van der Waals surface area contributed by atoms with E-state index < -0.39 is 5.63 Å². The Morgan fingerprint density at radius 2 is 1.68 bits per heavy atom. The van der Waals surface area contributed by atoms with E-state index in [-0.39, 0.29) is 5.75 Å². The zero-order chi connectivity index (χ0) is 22.3. The largest absolute Gasteiger partial charge is 0.508 e. The van der Waals surface area contributed by atoms with Gasteiger partial charge in [-0.2, -0.15) is 0 Å². The molecule has 5 nitrogen and oxygen atoms in total. The van der Waals surface area contributed by atoms with Crippen LogP contribution >= 0.6 is 0 Å². The van der Waals surface area contributed by atoms with Crippen molar-refractivity contribution in [2.45, 2.75) is 40.5 Å². The van der Waals surface area contributed by atoms with Gasteiger partial charge in [-0.1, -0.05) is 23.3 Å². The molecule has 4 rings (SSSR count). The number of phenols is 1. The summed E-state index contributed by atoms with van der Waals surface area (Å²) in [6.07, 6.45) is 5.34. The Morgan fingerprint density at radius 1 is 0.968 bits per heavy atom. The molecule has 0 spiro atoms. The standard InChI is InChI=1S/C26H26O5/c1-14(2)6-8-16-12-19-22(13-20(16)27)30-26(28)23-18-10-11-21(29-5)17(9-7-15(3)4)24(18)31-25(19)23/h6-7,10-13,27H,8-9H2,1-5H3. The summed E-state index contributed by atoms with van der Waals surface area (Å²) in [6, 6.07) is 7.01. The Kier molecular flexibility index (Phi) is 5.36. The summed E-state index contributed by atoms with van der Waals surface area (Å²) in [4.78, 5) is 12.8. The molecule has 1 N–H and O–H groups in total. The molecule has 0 unspecified atom stereocenters. The van der Waals surface area contributed by atoms with Crippen molar-refractivity contribution in [1.29, 1.82) is 0 Å². The SMILES string of the molecule is COc1ccc2c(oc3c4cc(CC=C(C)C)c(O)cc4oc(=O)c23)c1CC=C(C)C. The number of phenolic OH excluding ortho intramolecular Hbond substituents is 1. The van der Waals surface area contributed by atoms with Gasteiger partial charge >= 0.3 is 5.63 Å². The van der Waals surface area contributed by atoms with Crippen molar-refractivity contribution in [3.05, 3.63) is 69.1 Å². The van der Waals surface area contributed by atoms with Gasteiger partial charge in [0.25, 0.3) is 0 Å². The van der Waals surface area contributed by atoms with Crippen LogP contribution in [0.4, 0.5) is 0 Å². The molecule has 0 fully saturated rings. The maximum Gasteiger partial charge on any atom is 0.348 e. The van der Waals surface area contributed by atoms with Crippen LogP contribution in [0.15, 0.2) is 61.2 Å². The molecule has 0 amide bonds. The first-order chi connectivity index (χ1) is 14.8. The molecular formula is C26H26O5. The van der Waals surface area contributed by atoms with Crippen LogP contribution in [-0.2, 0) is 12.8 Å². The Morgan fingerprint density at radius 3 is 2.35 bits per heavy atom. The molecule has 0 aliphatic heterocycles. The molecule has 2 heterocycles. The summed E-state index contributed by atoms with van der Waals surface area (Å²) < 4.78 is 17.4. The zero-order valence-corrected chi connectivity index (χ0v) is 18.5. The van der Waals surface area contributed by atoms with Crippen LogP contribution < -0.4 is 10.4 Å². The van der Waals surface area contributed by atoms with Crippen LogP contribution in [0.3, 0.4) is 0 Å². The van der Waals surface area contributed by atoms with Gasteiger partial charge in [-0.15, -0.1) is 0 Å². The number of aromatic hydroxyl groups is 1. The molecule has 0 aliphatic rings. The van der Waals surface area contributed by atoms with Crippen LogP contribution in [0.1, 0.15) is 38.8 Å². The van der Waals surface area contributed by atoms with E-state index in [2.05, 4.69) is 6.08 Å². The first-order valence-electron chi connectivity index (χ1n) is 10.3. The van der Waals surface area contributed by atoms with Gasteiger partial charge in [0.2, 0.25) is 0 Å². The molecule has 0 radical (unpaired) electrons. The molecule has 160 valence electrons. The Balaban J connectivity index is 2.07. The van der Waals surface area contributed by atoms with Crippen molar-refractivity contribution >= 4 is 32.9 Å². The molecular weight excluding hydrogens is 392 g/mol. The van der Waals surface area contributed by atoms with Crippen LogP contribution in [0, 0.1) is 0 Å². The van der Waals surface area contributed by atoms with Crippen LogP contribution in [0.5, 0.6) is 11.5 Å². The van der Waals surface area contributed by atoms with Crippen molar-refractivity contribution in [3.8, 4) is 11.5 Å². The van der Waals surface area contributed by atoms with Crippen molar-refractivity contribution in [1.82, 2.24) is 0 Å². The van der Waals surface area contributed by atoms with E-state index in [1.165, 1.54) is 11.6 Å². The number of furan rings is 1. The summed E-state index contributed by atoms with van der Waals surface area (Å²) in [5.74, 6) is 0.800. The van der Waals surface area contributed by atoms with Crippen molar-refractivity contribution in [2.24, 2.45) is 0 Å². The van der Waals surface area contributed by atoms with Gasteiger partial charge in [-0.05, 0) is 64.3 Å². The monoisotopic (exact) mass is 418 g/mol. The van der Waals surface area contributed by atoms with E-state index in [4.69, 9.17) is 13.6 Å². The number of hydrogen-bond donors (Lipinski definition) is 1. The van der Waals surface area contributed by atoms with E-state index in [0.29, 0.717) is 51.5 Å². The second kappa shape index (κ2) is 7.99. The number of allylic oxidation sites excluding steroid dienone is 4. The molecule has 0 atom stereocenters. The van der Waals surface area contributed by atoms with Gasteiger partial charge in [-0.25, -0.2) is 4.79 Å². The minimum Gasteiger partial charge on any atom is -0.508 e. The zero-order valence-electron chi connectivity index (χ0n) is 18.5. The average Bonchev–Trinajstić information content (AvgIpc) is 3.11. The highest BCUT2D eigenvalue weighted by Gasteiger charge is 2.21. The fourth-order valence-corrected chi connectivity index (χ4v) is 3.79. The first kappa shape index (κ1) is 20.8. The molecule has 2 aromatic heterocycles. The summed E-state index contributed by atoms with van der Waals surface area (Å²) in [5.41, 5.74) is 4.85. The Labute approximate surface area is 180 Å². The molecule has 0 aliphatic carbocycles. The second-order valence-electron chi connectivity index (χ2n) is 8.27. The molecule has 0 bridgehead atoms. The summed E-state index contributed by atoms with van der Waals surface area (Å²) in [7, 11) is 1.62. The molecule has 2 aromatic carbocycles. The molecule has 5 heteroatoms. The van der Waals surface area contributed by atoms with Gasteiger partial charge in [0.05, 0.1) is 12.5 Å². The van der Waals surface area contributed by atoms with E-state index in [1.54, 1.807) is 7.11 Å². The molecule has 31 heavy (non-hydrogen) atoms. The van der Waals surface area contributed by atoms with Gasteiger partial charge < -0.3 is 18.7 Å². The van der Waals surface area contributed by atoms with E-state index in [1.807, 2.05) is 52.0 Å². The normalized spacial score (nSPS) is 11.3. The van der Waals surface area contributed by atoms with Gasteiger partial charge in [0.1, 0.15) is 28.1 Å². The highest BCUT2D eigenvalue weighted by molar-refractivity contribution is 6.14. The number of rotatable bonds is 5. The lowest BCUT2D eigenvalue weighted by Crippen LogP contribution is -1.99. The fourth-order valence-electron chi connectivity index (χ4n) is 3.79. The quantitative estimate of drug-likeness (QED) is 0.299. The number of benzene rings is 2. The van der Waals surface area contributed by atoms with Gasteiger partial charge in [0, 0.05) is 17.0 Å². The third-order valence-corrected chi connectivity index (χ3v) is 5.41. The fraction of sp³-hybridized carbons (Fsp3) is 0.269. The van der Waals surface area contributed by atoms with Gasteiger partial charge in [-0.3, -0.25) is 0 Å². The topological polar surface area (TPSA) is 72.8 Å². The van der Waals surface area contributed by atoms with E-state index in [9.17, 15) is 9.90 Å². The minimum atomic E-state index is -0.490. The Hall–Kier alpha value is -3.47. The predicted octanol–water partition coefficient (Wildman–Crippen LogP) is 6.42. The lowest BCUT2D eigenvalue weighted by Gasteiger charge is -2.07. The highest BCUT2D eigenvalue weighted by Crippen LogP contribution is 2.38. The number of hydrogen-bond acceptors (Lipinski definition) is 5. The molecule has 4 aromatic rings. The number of fused-ring (bicyclic) bond motifs is 5. The van der Waals surface area contributed by atoms with Crippen molar-refractivity contribution in [2.75, 3.05) is 7.11 Å². The first-order valence-corrected chi connectivity index (χ1v) is 10.3. The predicted molar refractivity (Wildman–Crippen MR) is 124 cm³/mol. The highest BCUT2D eigenvalue weighted by atomic mass is 16.5. The van der Waals surface area contributed by atoms with Gasteiger partial charge in [0.15, 0.2) is 5.58 Å². The Bertz CT molecular complexity index is 1420. The molecule has 0 saturated heterocycles. The maximum absolute atomic E-state index is 12.8. The lowest BCUT2D eigenvalue weighted by atomic mass is 10.0. The summed E-state index contributed by atoms with van der Waals surface area (Å²) >= 11 is 0. The minimum absolute atomic E-state index is 0.0922. The van der Waals surface area contributed by atoms with Crippen molar-refractivity contribution < 1.29 is 18.7 Å². The van der Waals surface area contributed by atoms with Crippen LogP contribution in [0.25, 0.3) is 32.9 Å². The second-order valence-corrected chi connectivity index (χ2v) is 8.27. The van der Waals surface area contributed by atoms with E-state index in [0.717, 1.165) is 16.7 Å². The maximum atomic E-state index is 12.8. The number of ether oxygens (including phenoxy) is 1. The average molecular weight is 418 g/mol. The van der Waals surface area contributed by atoms with E-state index >= 15 is 0 Å². The third-order valence-electron chi connectivity index (χ3n) is 5.41. The lowest BCUT2D eigenvalue weighted by molar-refractivity contribution is 0.410. The smallest absolute Gasteiger partial charge is 0.348 e. The van der Waals surface area contributed by atoms with Crippen molar-refractivity contribution in [3.63, 3.8) is 0 Å². The molecule has 0 saturated carbocycles. The summed E-state index contributed by atoms with van der Waals surface area (Å²) in [5, 5.41) is 12.2. The van der Waals surface area contributed by atoms with Crippen LogP contribution in [-0.4, -0.2) is 12.2 Å². The van der Waals surface area contributed by atoms with Crippen LogP contribution in [0.2, 0.25) is 0 Å². The number of methoxy groups -OCH3 is 1. The summed E-state index contributed by atoms with van der Waals surface area (Å²) in [6.45, 7) is 8.09.